The van der Waals surface area contributed by atoms with E-state index in [1.54, 1.807) is 10.8 Å². The van der Waals surface area contributed by atoms with E-state index in [0.717, 1.165) is 55.8 Å². The smallest absolute Gasteiger partial charge is 0.256 e. The summed E-state index contributed by atoms with van der Waals surface area (Å²) in [6.45, 7) is 1.66. The van der Waals surface area contributed by atoms with Crippen molar-refractivity contribution in [3.05, 3.63) is 70.3 Å². The van der Waals surface area contributed by atoms with Crippen LogP contribution in [0.2, 0.25) is 0 Å². The molecule has 1 saturated carbocycles. The summed E-state index contributed by atoms with van der Waals surface area (Å²) < 4.78 is 24.0. The van der Waals surface area contributed by atoms with Gasteiger partial charge in [0, 0.05) is 25.3 Å². The molecule has 0 radical (unpaired) electrons. The van der Waals surface area contributed by atoms with E-state index in [4.69, 9.17) is 4.74 Å². The average Bonchev–Trinajstić information content (AvgIpc) is 3.41. The predicted octanol–water partition coefficient (Wildman–Crippen LogP) is 5.71. The van der Waals surface area contributed by atoms with Gasteiger partial charge in [0.2, 0.25) is 5.43 Å². The molecule has 3 aliphatic rings. The van der Waals surface area contributed by atoms with Gasteiger partial charge in [-0.15, -0.1) is 0 Å². The van der Waals surface area contributed by atoms with Crippen LogP contribution >= 0.6 is 0 Å². The van der Waals surface area contributed by atoms with Crippen LogP contribution in [0.3, 0.4) is 0 Å². The number of aromatic nitrogens is 1. The third kappa shape index (κ3) is 5.04. The number of nitrogens with one attached hydrogen (secondary N) is 2. The lowest BCUT2D eigenvalue weighted by Crippen LogP contribution is -2.39. The maximum atomic E-state index is 15.9. The number of pyridine rings is 1. The number of carbonyl (C=O) groups excluding carboxylic acids is 1. The number of carbonyl (C=O) groups is 1. The van der Waals surface area contributed by atoms with Crippen molar-refractivity contribution in [3.63, 3.8) is 0 Å². The van der Waals surface area contributed by atoms with Crippen LogP contribution in [0, 0.1) is 5.82 Å². The zero-order valence-electron chi connectivity index (χ0n) is 24.4. The van der Waals surface area contributed by atoms with Crippen molar-refractivity contribution in [2.75, 3.05) is 32.0 Å². The van der Waals surface area contributed by atoms with Crippen LogP contribution in [0.4, 0.5) is 10.1 Å². The Balaban J connectivity index is 1.32. The van der Waals surface area contributed by atoms with Gasteiger partial charge in [-0.05, 0) is 74.7 Å². The molecule has 1 aromatic heterocycles. The van der Waals surface area contributed by atoms with Gasteiger partial charge in [0.05, 0.1) is 16.7 Å². The number of anilines is 1. The number of hydrogen-bond acceptors (Lipinski definition) is 6. The largest absolute Gasteiger partial charge is 0.451 e. The number of aliphatic hydroxyl groups is 1. The van der Waals surface area contributed by atoms with Gasteiger partial charge in [0.25, 0.3) is 5.91 Å². The van der Waals surface area contributed by atoms with Crippen molar-refractivity contribution in [1.29, 1.82) is 0 Å². The van der Waals surface area contributed by atoms with E-state index in [1.807, 2.05) is 36.4 Å². The molecule has 4 aromatic rings. The first-order chi connectivity index (χ1) is 20.8. The zero-order chi connectivity index (χ0) is 29.7. The summed E-state index contributed by atoms with van der Waals surface area (Å²) in [6.07, 6.45) is 8.78. The lowest BCUT2D eigenvalue weighted by atomic mass is 9.85. The second kappa shape index (κ2) is 11.0. The highest BCUT2D eigenvalue weighted by molar-refractivity contribution is 6.02. The second-order valence-electron chi connectivity index (χ2n) is 12.4. The molecule has 1 unspecified atom stereocenters. The van der Waals surface area contributed by atoms with E-state index in [1.165, 1.54) is 6.07 Å². The Morgan fingerprint density at radius 3 is 2.63 bits per heavy atom. The molecule has 3 aromatic carbocycles. The van der Waals surface area contributed by atoms with Crippen LogP contribution in [-0.2, 0) is 0 Å². The molecule has 2 aliphatic heterocycles. The Kier molecular flexibility index (Phi) is 7.10. The number of fused-ring (bicyclic) bond motifs is 3. The summed E-state index contributed by atoms with van der Waals surface area (Å²) in [5, 5.41) is 19.2. The normalized spacial score (nSPS) is 19.3. The van der Waals surface area contributed by atoms with Crippen molar-refractivity contribution >= 4 is 33.3 Å². The number of rotatable bonds is 7. The number of likely N-dealkylation sites (tertiary alicyclic amines) is 1. The van der Waals surface area contributed by atoms with E-state index in [0.29, 0.717) is 42.4 Å². The van der Waals surface area contributed by atoms with E-state index < -0.39 is 22.8 Å². The molecule has 0 bridgehead atoms. The summed E-state index contributed by atoms with van der Waals surface area (Å²) in [5.74, 6) is -0.493. The highest BCUT2D eigenvalue weighted by Crippen LogP contribution is 2.46. The standard InChI is InChI=1S/C34H37FN4O4/c1-38-15-7-10-23(38)11-14-36-33(41)25-19-39-27-16-21-8-3-4-9-22(21)17-28(27)43-32-29(26(35)18-24(30(32)39)31(25)40)37-20-34(42)12-5-2-6-13-34/h3-4,8-9,16-19,23,37,42H,2,5-7,10-15,20H2,1H3,(H,36,41). The monoisotopic (exact) mass is 584 g/mol. The molecular formula is C34H37FN4O4. The maximum Gasteiger partial charge on any atom is 0.256 e. The first-order valence-corrected chi connectivity index (χ1v) is 15.4. The van der Waals surface area contributed by atoms with E-state index in [9.17, 15) is 14.7 Å². The van der Waals surface area contributed by atoms with Crippen molar-refractivity contribution in [2.24, 2.45) is 0 Å². The van der Waals surface area contributed by atoms with Crippen LogP contribution in [0.5, 0.6) is 11.5 Å². The fraction of sp³-hybridized carbons (Fsp3) is 0.412. The molecule has 1 saturated heterocycles. The predicted molar refractivity (Wildman–Crippen MR) is 166 cm³/mol. The number of amides is 1. The number of halogens is 1. The van der Waals surface area contributed by atoms with E-state index in [2.05, 4.69) is 22.6 Å². The molecule has 2 fully saturated rings. The summed E-state index contributed by atoms with van der Waals surface area (Å²) in [4.78, 5) is 29.5. The number of hydrogen-bond donors (Lipinski definition) is 3. The number of ether oxygens (including phenoxy) is 1. The molecule has 43 heavy (non-hydrogen) atoms. The number of nitrogens with zero attached hydrogens (tertiary/aromatic N) is 2. The van der Waals surface area contributed by atoms with E-state index >= 15 is 4.39 Å². The van der Waals surface area contributed by atoms with Crippen LogP contribution in [-0.4, -0.2) is 58.8 Å². The maximum absolute atomic E-state index is 15.9. The SMILES string of the molecule is CN1CCCC1CCNC(=O)c1cn2c3c(c(NCC4(O)CCCCC4)c(F)cc3c1=O)Oc1cc3ccccc3cc1-2. The Morgan fingerprint density at radius 2 is 1.88 bits per heavy atom. The molecule has 3 N–H and O–H groups in total. The van der Waals surface area contributed by atoms with Gasteiger partial charge in [-0.3, -0.25) is 9.59 Å². The first-order valence-electron chi connectivity index (χ1n) is 15.4. The molecule has 8 nitrogen and oxygen atoms in total. The van der Waals surface area contributed by atoms with Crippen molar-refractivity contribution < 1.29 is 19.0 Å². The van der Waals surface area contributed by atoms with Gasteiger partial charge >= 0.3 is 0 Å². The quantitative estimate of drug-likeness (QED) is 0.227. The van der Waals surface area contributed by atoms with Gasteiger partial charge in [-0.25, -0.2) is 4.39 Å². The molecule has 1 amide bonds. The average molecular weight is 585 g/mol. The molecule has 3 heterocycles. The van der Waals surface area contributed by atoms with Crippen molar-refractivity contribution in [2.45, 2.75) is 63.0 Å². The number of benzene rings is 3. The molecule has 9 heteroatoms. The van der Waals surface area contributed by atoms with Gasteiger partial charge < -0.3 is 29.9 Å². The minimum absolute atomic E-state index is 0.0455. The van der Waals surface area contributed by atoms with Crippen LogP contribution < -0.4 is 20.8 Å². The fourth-order valence-corrected chi connectivity index (χ4v) is 7.06. The first kappa shape index (κ1) is 27.9. The highest BCUT2D eigenvalue weighted by atomic mass is 19.1. The van der Waals surface area contributed by atoms with Gasteiger partial charge in [-0.2, -0.15) is 0 Å². The molecule has 1 aliphatic carbocycles. The highest BCUT2D eigenvalue weighted by Gasteiger charge is 2.32. The molecular weight excluding hydrogens is 547 g/mol. The van der Waals surface area contributed by atoms with Crippen LogP contribution in [0.25, 0.3) is 27.4 Å². The van der Waals surface area contributed by atoms with Gasteiger partial charge in [0.15, 0.2) is 17.3 Å². The van der Waals surface area contributed by atoms with Gasteiger partial charge in [-0.1, -0.05) is 43.5 Å². The second-order valence-corrected chi connectivity index (χ2v) is 12.4. The molecule has 224 valence electrons. The topological polar surface area (TPSA) is 95.8 Å². The lowest BCUT2D eigenvalue weighted by molar-refractivity contribution is 0.0166. The Morgan fingerprint density at radius 1 is 1.12 bits per heavy atom. The zero-order valence-corrected chi connectivity index (χ0v) is 24.4. The minimum atomic E-state index is -0.940. The lowest BCUT2D eigenvalue weighted by Gasteiger charge is -2.33. The Labute approximate surface area is 249 Å². The third-order valence-electron chi connectivity index (χ3n) is 9.55. The Bertz CT molecular complexity index is 1800. The minimum Gasteiger partial charge on any atom is -0.451 e. The molecule has 1 atom stereocenters. The van der Waals surface area contributed by atoms with Crippen molar-refractivity contribution in [3.8, 4) is 17.2 Å². The Hall–Kier alpha value is -3.95. The van der Waals surface area contributed by atoms with Crippen LogP contribution in [0.15, 0.2) is 53.5 Å². The molecule has 7 rings (SSSR count). The summed E-state index contributed by atoms with van der Waals surface area (Å²) >= 11 is 0. The fourth-order valence-electron chi connectivity index (χ4n) is 7.06. The summed E-state index contributed by atoms with van der Waals surface area (Å²) in [6, 6.07) is 13.3. The summed E-state index contributed by atoms with van der Waals surface area (Å²) in [5.41, 5.74) is -0.401. The molecule has 0 spiro atoms. The van der Waals surface area contributed by atoms with Crippen LogP contribution in [0.1, 0.15) is 61.7 Å². The van der Waals surface area contributed by atoms with E-state index in [-0.39, 0.29) is 28.9 Å². The third-order valence-corrected chi connectivity index (χ3v) is 9.55. The summed E-state index contributed by atoms with van der Waals surface area (Å²) in [7, 11) is 2.09. The van der Waals surface area contributed by atoms with Crippen molar-refractivity contribution in [1.82, 2.24) is 14.8 Å². The van der Waals surface area contributed by atoms with Gasteiger partial charge in [0.1, 0.15) is 16.8 Å².